The molecule has 3 N–H and O–H groups in total. The van der Waals surface area contributed by atoms with Gasteiger partial charge in [-0.05, 0) is 61.5 Å². The quantitative estimate of drug-likeness (QED) is 0.318. The average molecular weight is 641 g/mol. The first kappa shape index (κ1) is 31.9. The van der Waals surface area contributed by atoms with Crippen LogP contribution in [0.5, 0.6) is 23.0 Å². The van der Waals surface area contributed by atoms with Gasteiger partial charge >= 0.3 is 6.03 Å². The lowest BCUT2D eigenvalue weighted by molar-refractivity contribution is 0.0387. The van der Waals surface area contributed by atoms with Gasteiger partial charge < -0.3 is 39.6 Å². The van der Waals surface area contributed by atoms with Crippen molar-refractivity contribution in [2.75, 3.05) is 51.3 Å². The number of sulfonamides is 1. The van der Waals surface area contributed by atoms with Crippen molar-refractivity contribution < 1.29 is 42.1 Å². The van der Waals surface area contributed by atoms with Crippen molar-refractivity contribution in [3.8, 4) is 23.0 Å². The molecular weight excluding hydrogens is 604 g/mol. The number of hydrogen-bond acceptors (Lipinski definition) is 9. The van der Waals surface area contributed by atoms with Gasteiger partial charge in [0.1, 0.15) is 17.6 Å². The number of hydrogen-bond donors (Lipinski definition) is 3. The third-order valence-electron chi connectivity index (χ3n) is 7.76. The first-order valence-electron chi connectivity index (χ1n) is 14.3. The Bertz CT molecular complexity index is 1670. The van der Waals surface area contributed by atoms with Gasteiger partial charge in [-0.2, -0.15) is 4.31 Å². The van der Waals surface area contributed by atoms with Crippen molar-refractivity contribution in [1.29, 1.82) is 0 Å². The summed E-state index contributed by atoms with van der Waals surface area (Å²) in [5.41, 5.74) is 0.967. The van der Waals surface area contributed by atoms with Gasteiger partial charge in [0.15, 0.2) is 11.5 Å². The van der Waals surface area contributed by atoms with Gasteiger partial charge in [0.05, 0.1) is 36.8 Å². The molecule has 0 fully saturated rings. The van der Waals surface area contributed by atoms with E-state index >= 15 is 0 Å². The standard InChI is InChI=1S/C31H36N4O9S/c1-19-15-35(20(2)17-36)30(37)25-13-21(32-31(38)33-22-6-12-27-28(14-22)43-18-42-27)5-11-26(25)44-29(19)16-34(3)45(39,40)24-9-7-23(41-4)8-10-24/h5-14,19-20,29,36H,15-18H2,1-4H3,(H2,32,33,38)/t19-,20+,29-/m1/s1. The highest BCUT2D eigenvalue weighted by Gasteiger charge is 2.35. The molecule has 3 atom stereocenters. The zero-order chi connectivity index (χ0) is 32.3. The minimum atomic E-state index is -3.87. The van der Waals surface area contributed by atoms with Crippen molar-refractivity contribution in [2.24, 2.45) is 5.92 Å². The molecule has 240 valence electrons. The van der Waals surface area contributed by atoms with Crippen LogP contribution in [0.15, 0.2) is 65.6 Å². The Morgan fingerprint density at radius 2 is 1.69 bits per heavy atom. The zero-order valence-corrected chi connectivity index (χ0v) is 26.2. The van der Waals surface area contributed by atoms with E-state index in [1.165, 1.54) is 41.6 Å². The summed E-state index contributed by atoms with van der Waals surface area (Å²) in [5, 5.41) is 15.4. The average Bonchev–Trinajstić information content (AvgIpc) is 3.50. The number of carbonyl (C=O) groups excluding carboxylic acids is 2. The molecule has 2 aliphatic heterocycles. The van der Waals surface area contributed by atoms with E-state index in [-0.39, 0.29) is 48.6 Å². The van der Waals surface area contributed by atoms with Crippen LogP contribution >= 0.6 is 0 Å². The van der Waals surface area contributed by atoms with Crippen LogP contribution in [-0.4, -0.2) is 87.5 Å². The van der Waals surface area contributed by atoms with Gasteiger partial charge in [0.2, 0.25) is 16.8 Å². The number of carbonyl (C=O) groups is 2. The molecule has 2 aliphatic rings. The number of urea groups is 1. The topological polar surface area (TPSA) is 156 Å². The Morgan fingerprint density at radius 3 is 2.36 bits per heavy atom. The molecule has 3 aromatic carbocycles. The van der Waals surface area contributed by atoms with Crippen LogP contribution < -0.4 is 29.6 Å². The summed E-state index contributed by atoms with van der Waals surface area (Å²) >= 11 is 0. The highest BCUT2D eigenvalue weighted by atomic mass is 32.2. The Hall–Kier alpha value is -4.53. The van der Waals surface area contributed by atoms with E-state index < -0.39 is 34.1 Å². The number of nitrogens with one attached hydrogen (secondary N) is 2. The number of methoxy groups -OCH3 is 1. The fourth-order valence-corrected chi connectivity index (χ4v) is 6.25. The lowest BCUT2D eigenvalue weighted by atomic mass is 9.99. The van der Waals surface area contributed by atoms with Crippen LogP contribution in [0.2, 0.25) is 0 Å². The summed E-state index contributed by atoms with van der Waals surface area (Å²) in [4.78, 5) is 28.2. The first-order valence-corrected chi connectivity index (χ1v) is 15.7. The van der Waals surface area contributed by atoms with Gasteiger partial charge in [-0.15, -0.1) is 0 Å². The maximum Gasteiger partial charge on any atom is 0.323 e. The Labute approximate surface area is 261 Å². The number of rotatable bonds is 9. The van der Waals surface area contributed by atoms with Crippen molar-refractivity contribution in [3.63, 3.8) is 0 Å². The number of amides is 3. The minimum Gasteiger partial charge on any atom is -0.497 e. The molecule has 3 aromatic rings. The lowest BCUT2D eigenvalue weighted by Gasteiger charge is -2.38. The number of nitrogens with zero attached hydrogens (tertiary/aromatic N) is 2. The molecule has 0 radical (unpaired) electrons. The fourth-order valence-electron chi connectivity index (χ4n) is 5.07. The smallest absolute Gasteiger partial charge is 0.323 e. The predicted molar refractivity (Wildman–Crippen MR) is 166 cm³/mol. The number of aliphatic hydroxyl groups is 1. The number of aliphatic hydroxyl groups excluding tert-OH is 1. The fraction of sp³-hybridized carbons (Fsp3) is 0.355. The van der Waals surface area contributed by atoms with Gasteiger partial charge in [0, 0.05) is 37.0 Å². The normalized spacial score (nSPS) is 18.4. The third kappa shape index (κ3) is 6.92. The summed E-state index contributed by atoms with van der Waals surface area (Å²) < 4.78 is 50.1. The highest BCUT2D eigenvalue weighted by molar-refractivity contribution is 7.89. The van der Waals surface area contributed by atoms with Gasteiger partial charge in [-0.3, -0.25) is 4.79 Å². The van der Waals surface area contributed by atoms with Gasteiger partial charge in [-0.1, -0.05) is 6.92 Å². The van der Waals surface area contributed by atoms with Gasteiger partial charge in [0.25, 0.3) is 5.91 Å². The number of ether oxygens (including phenoxy) is 4. The molecule has 14 heteroatoms. The van der Waals surface area contributed by atoms with E-state index in [1.54, 1.807) is 49.4 Å². The first-order chi connectivity index (χ1) is 21.5. The summed E-state index contributed by atoms with van der Waals surface area (Å²) in [6.45, 7) is 3.61. The molecule has 0 saturated carbocycles. The molecule has 0 saturated heterocycles. The summed E-state index contributed by atoms with van der Waals surface area (Å²) in [7, 11) is -0.898. The monoisotopic (exact) mass is 640 g/mol. The molecular formula is C31H36N4O9S. The molecule has 3 amide bonds. The minimum absolute atomic E-state index is 0.0115. The van der Waals surface area contributed by atoms with Crippen molar-refractivity contribution in [2.45, 2.75) is 30.9 Å². The SMILES string of the molecule is COc1ccc(S(=O)(=O)N(C)C[C@H]2Oc3ccc(NC(=O)Nc4ccc5c(c4)OCO5)cc3C(=O)N([C@@H](C)CO)C[C@H]2C)cc1. The van der Waals surface area contributed by atoms with E-state index in [0.29, 0.717) is 28.6 Å². The third-order valence-corrected chi connectivity index (χ3v) is 9.60. The Balaban J connectivity index is 1.38. The Kier molecular flexibility index (Phi) is 9.37. The van der Waals surface area contributed by atoms with Crippen LogP contribution in [0.25, 0.3) is 0 Å². The van der Waals surface area contributed by atoms with Crippen molar-refractivity contribution >= 4 is 33.3 Å². The van der Waals surface area contributed by atoms with E-state index in [4.69, 9.17) is 18.9 Å². The second kappa shape index (κ2) is 13.2. The van der Waals surface area contributed by atoms with E-state index in [2.05, 4.69) is 10.6 Å². The maximum atomic E-state index is 13.8. The molecule has 2 heterocycles. The van der Waals surface area contributed by atoms with Crippen LogP contribution in [-0.2, 0) is 10.0 Å². The van der Waals surface area contributed by atoms with E-state index in [0.717, 1.165) is 0 Å². The zero-order valence-electron chi connectivity index (χ0n) is 25.3. The molecule has 13 nitrogen and oxygen atoms in total. The van der Waals surface area contributed by atoms with Crippen LogP contribution in [0.4, 0.5) is 16.2 Å². The summed E-state index contributed by atoms with van der Waals surface area (Å²) in [5.74, 6) is 1.16. The summed E-state index contributed by atoms with van der Waals surface area (Å²) in [6.07, 6.45) is -0.656. The van der Waals surface area contributed by atoms with Crippen LogP contribution in [0, 0.1) is 5.92 Å². The molecule has 5 rings (SSSR count). The molecule has 0 unspecified atom stereocenters. The number of benzene rings is 3. The number of anilines is 2. The van der Waals surface area contributed by atoms with Crippen LogP contribution in [0.1, 0.15) is 24.2 Å². The van der Waals surface area contributed by atoms with E-state index in [9.17, 15) is 23.1 Å². The molecule has 45 heavy (non-hydrogen) atoms. The summed E-state index contributed by atoms with van der Waals surface area (Å²) in [6, 6.07) is 14.7. The molecule has 0 aliphatic carbocycles. The van der Waals surface area contributed by atoms with Crippen molar-refractivity contribution in [3.05, 3.63) is 66.2 Å². The molecule has 0 spiro atoms. The second-order valence-corrected chi connectivity index (χ2v) is 13.0. The maximum absolute atomic E-state index is 13.8. The highest BCUT2D eigenvalue weighted by Crippen LogP contribution is 2.35. The number of fused-ring (bicyclic) bond motifs is 2. The predicted octanol–water partition coefficient (Wildman–Crippen LogP) is 3.61. The van der Waals surface area contributed by atoms with Gasteiger partial charge in [-0.25, -0.2) is 13.2 Å². The molecule has 0 aromatic heterocycles. The second-order valence-electron chi connectivity index (χ2n) is 10.9. The molecule has 0 bridgehead atoms. The number of likely N-dealkylation sites (N-methyl/N-ethyl adjacent to an activating group) is 1. The van der Waals surface area contributed by atoms with E-state index in [1.807, 2.05) is 6.92 Å². The largest absolute Gasteiger partial charge is 0.497 e. The van der Waals surface area contributed by atoms with Crippen LogP contribution in [0.3, 0.4) is 0 Å². The lowest BCUT2D eigenvalue weighted by Crippen LogP contribution is -2.50. The van der Waals surface area contributed by atoms with Crippen molar-refractivity contribution in [1.82, 2.24) is 9.21 Å². The Morgan fingerprint density at radius 1 is 1.04 bits per heavy atom.